The number of aryl methyl sites for hydroxylation is 3. The lowest BCUT2D eigenvalue weighted by Crippen LogP contribution is -2.18. The standard InChI is InChI=1S/C10H11NO.C10H6O2.C9H11NO.C9H9NO.C9H6O2.C9H10O.C9H10S.C8H9NS.C8H8O2.C7H6N2O2S.C7H6O2/c1-8-7-12-10-5-3-2-4-9(10)6-11-8;11-9-5-6-10(12)8-4-2-1-3-7(8)9;1-2-4-9-8(3-1)7-10-5-6-11-9;11-9-6-5-7-3-1-2-4-8(7)10-9;10-8-5-6-11-9-4-2-1-3-7(8)9;2*1-2-6-9-8(4-1)5-3-7-10-9;1-2-4-8-7(3-1)5-9-6-10-8;1-2-4-8-7(3-1)9-5-6-10-8;10-12(11)7-4-2-1-3-6(7)8-5-9-12;1-2-4-7-6(3-1)8-5-9-7/h2-5,11H,1,6-7H2;1-6H;1-4,10H,5-7H2;1-4H,5-6H2,(H,10,11);1-6H;2*1-2,4,6H,3,5,7H2;1-4,9H,5-6H2;1-4H,5-6H2;1-5H,(H,8,9);1-4H,5H2. The van der Waals surface area contributed by atoms with Gasteiger partial charge in [-0.2, -0.15) is 8.42 Å². The van der Waals surface area contributed by atoms with Crippen LogP contribution in [0, 0.1) is 0 Å². The molecule has 11 aromatic carbocycles. The lowest BCUT2D eigenvalue weighted by Gasteiger charge is -2.17. The van der Waals surface area contributed by atoms with E-state index in [1.54, 1.807) is 60.2 Å². The average Bonchev–Trinajstić information content (AvgIpc) is 1.10. The second-order valence-electron chi connectivity index (χ2n) is 26.9. The molecular weight excluding hydrogens is 1550 g/mol. The first-order valence-corrected chi connectivity index (χ1v) is 42.2. The van der Waals surface area contributed by atoms with Gasteiger partial charge in [0.15, 0.2) is 40.0 Å². The number of nitrogens with one attached hydrogen (secondary N) is 5. The molecule has 0 radical (unpaired) electrons. The van der Waals surface area contributed by atoms with Crippen LogP contribution in [-0.2, 0) is 53.7 Å². The largest absolute Gasteiger partial charge is 0.493 e. The first-order valence-electron chi connectivity index (χ1n) is 38.8. The van der Waals surface area contributed by atoms with Gasteiger partial charge < -0.3 is 64.2 Å². The van der Waals surface area contributed by atoms with Gasteiger partial charge in [-0.25, -0.2) is 0 Å². The van der Waals surface area contributed by atoms with Gasteiger partial charge >= 0.3 is 0 Å². The van der Waals surface area contributed by atoms with Crippen LogP contribution in [0.4, 0.5) is 11.4 Å². The number of para-hydroxylation sites is 10. The van der Waals surface area contributed by atoms with E-state index in [0.29, 0.717) is 60.8 Å². The van der Waals surface area contributed by atoms with Gasteiger partial charge in [-0.15, -0.1) is 27.9 Å². The minimum Gasteiger partial charge on any atom is -0.493 e. The number of sulfonamides is 1. The number of hydrogen-bond donors (Lipinski definition) is 5. The van der Waals surface area contributed by atoms with Crippen molar-refractivity contribution in [1.82, 2.24) is 16.0 Å². The molecule has 1 amide bonds. The van der Waals surface area contributed by atoms with Crippen molar-refractivity contribution in [1.29, 1.82) is 0 Å². The Kier molecular flexibility index (Phi) is 32.3. The summed E-state index contributed by atoms with van der Waals surface area (Å²) in [5.74, 6) is 8.76. The van der Waals surface area contributed by atoms with Crippen LogP contribution in [0.5, 0.6) is 40.2 Å². The minimum atomic E-state index is -3.44. The maximum absolute atomic E-state index is 11.2. The van der Waals surface area contributed by atoms with Crippen LogP contribution in [0.15, 0.2) is 332 Å². The quantitative estimate of drug-likeness (QED) is 0.0946. The van der Waals surface area contributed by atoms with Crippen molar-refractivity contribution in [2.45, 2.75) is 72.8 Å². The van der Waals surface area contributed by atoms with Crippen LogP contribution in [0.3, 0.4) is 0 Å². The van der Waals surface area contributed by atoms with Crippen molar-refractivity contribution in [3.8, 4) is 40.2 Å². The van der Waals surface area contributed by atoms with Crippen LogP contribution < -0.4 is 65.2 Å². The zero-order valence-corrected chi connectivity index (χ0v) is 67.6. The van der Waals surface area contributed by atoms with Crippen molar-refractivity contribution < 1.29 is 60.4 Å². The maximum atomic E-state index is 11.2. The van der Waals surface area contributed by atoms with Gasteiger partial charge in [-0.05, 0) is 157 Å². The Morgan fingerprint density at radius 1 is 0.407 bits per heavy atom. The van der Waals surface area contributed by atoms with E-state index >= 15 is 0 Å². The summed E-state index contributed by atoms with van der Waals surface area (Å²) >= 11 is 3.87. The van der Waals surface area contributed by atoms with E-state index < -0.39 is 10.0 Å². The fourth-order valence-corrected chi connectivity index (χ4v) is 15.5. The number of carbonyl (C=O) groups excluding carboxylic acids is 3. The number of hydrogen-bond acceptors (Lipinski definition) is 20. The number of rotatable bonds is 0. The number of thioether (sulfide) groups is 2. The Bertz CT molecular complexity index is 5180. The minimum absolute atomic E-state index is 0.00634. The molecule has 22 rings (SSSR count). The highest BCUT2D eigenvalue weighted by Crippen LogP contribution is 2.33. The molecule has 1 aromatic heterocycles. The molecule has 9 aliphatic heterocycles. The molecule has 118 heavy (non-hydrogen) atoms. The predicted molar refractivity (Wildman–Crippen MR) is 467 cm³/mol. The summed E-state index contributed by atoms with van der Waals surface area (Å²) in [4.78, 5) is 47.6. The number of fused-ring (bicyclic) bond motifs is 11. The molecule has 0 spiro atoms. The number of anilines is 2. The molecule has 0 atom stereocenters. The Hall–Kier alpha value is -12.6. The van der Waals surface area contributed by atoms with E-state index in [4.69, 9.17) is 37.6 Å². The molecule has 0 saturated carbocycles. The van der Waals surface area contributed by atoms with Gasteiger partial charge in [0.2, 0.25) is 12.7 Å². The lowest BCUT2D eigenvalue weighted by molar-refractivity contribution is -0.116. The smallest absolute Gasteiger partial charge is 0.285 e. The fourth-order valence-electron chi connectivity index (χ4n) is 12.6. The Morgan fingerprint density at radius 3 is 1.55 bits per heavy atom. The molecule has 10 aliphatic rings. The molecule has 5 N–H and O–H groups in total. The summed E-state index contributed by atoms with van der Waals surface area (Å²) in [7, 11) is -3.44. The third-order valence-corrected chi connectivity index (χ3v) is 22.2. The van der Waals surface area contributed by atoms with Crippen LogP contribution >= 0.6 is 23.5 Å². The molecular formula is C95H92N6O14S3. The first kappa shape index (κ1) is 84.7. The lowest BCUT2D eigenvalue weighted by atomic mass is 9.95. The molecule has 0 saturated heterocycles. The fraction of sp³-hybridized carbons (Fsp3) is 0.189. The Labute approximate surface area is 696 Å². The van der Waals surface area contributed by atoms with Crippen LogP contribution in [0.1, 0.15) is 73.4 Å². The van der Waals surface area contributed by atoms with Crippen molar-refractivity contribution >= 4 is 79.7 Å². The molecule has 1 aliphatic carbocycles. The molecule has 0 fully saturated rings. The maximum Gasteiger partial charge on any atom is 0.285 e. The van der Waals surface area contributed by atoms with Crippen molar-refractivity contribution in [3.05, 3.63) is 358 Å². The van der Waals surface area contributed by atoms with Gasteiger partial charge in [0.25, 0.3) is 10.0 Å². The van der Waals surface area contributed by atoms with E-state index in [1.807, 2.05) is 151 Å². The van der Waals surface area contributed by atoms with E-state index in [9.17, 15) is 27.6 Å². The molecule has 0 bridgehead atoms. The normalized spacial score (nSPS) is 15.2. The van der Waals surface area contributed by atoms with Crippen molar-refractivity contribution in [3.63, 3.8) is 0 Å². The predicted octanol–water partition coefficient (Wildman–Crippen LogP) is 18.1. The van der Waals surface area contributed by atoms with E-state index in [1.165, 1.54) is 99.5 Å². The molecule has 604 valence electrons. The number of allylic oxidation sites excluding steroid dienone is 2. The summed E-state index contributed by atoms with van der Waals surface area (Å²) < 4.78 is 68.1. The average molecular weight is 1640 g/mol. The second kappa shape index (κ2) is 45.0. The zero-order valence-electron chi connectivity index (χ0n) is 65.1. The van der Waals surface area contributed by atoms with Gasteiger partial charge in [-0.1, -0.05) is 189 Å². The van der Waals surface area contributed by atoms with Gasteiger partial charge in [0.1, 0.15) is 60.5 Å². The highest BCUT2D eigenvalue weighted by Gasteiger charge is 2.21. The molecule has 23 heteroatoms. The molecule has 20 nitrogen and oxygen atoms in total. The number of benzene rings is 11. The highest BCUT2D eigenvalue weighted by atomic mass is 32.2. The van der Waals surface area contributed by atoms with E-state index in [0.717, 1.165) is 110 Å². The summed E-state index contributed by atoms with van der Waals surface area (Å²) in [5.41, 5.74) is 12.2. The van der Waals surface area contributed by atoms with Gasteiger partial charge in [0.05, 0.1) is 23.9 Å². The summed E-state index contributed by atoms with van der Waals surface area (Å²) in [5, 5.41) is 16.0. The molecule has 10 heterocycles. The van der Waals surface area contributed by atoms with Crippen molar-refractivity contribution in [2.75, 3.05) is 68.6 Å². The topological polar surface area (TPSA) is 253 Å². The van der Waals surface area contributed by atoms with Crippen molar-refractivity contribution in [2.24, 2.45) is 4.40 Å². The number of nitrogens with zero attached hydrogens (tertiary/aromatic N) is 1. The molecule has 12 aromatic rings. The monoisotopic (exact) mass is 1640 g/mol. The SMILES string of the molecule is C=C1COc2ccccc2CN1.O=C1C=CC(=O)c2ccccc21.O=C1CCc2ccccc2N1.O=S1(=O)N=CNc2ccccc21.O=c1ccoc2ccccc12.c1ccc2c(c1)CCCO2.c1ccc2c(c1)CCCS2.c1ccc2c(c1)CNCCO2.c1ccc2c(c1)CNCS2.c1ccc2c(c1)OCCO2.c1ccc2c(c1)OCO2. The van der Waals surface area contributed by atoms with Crippen LogP contribution in [-0.4, -0.2) is 90.2 Å². The Balaban J connectivity index is 0.000000119. The van der Waals surface area contributed by atoms with Gasteiger partial charge in [0, 0.05) is 88.0 Å². The summed E-state index contributed by atoms with van der Waals surface area (Å²) in [6.07, 6.45) is 11.7. The molecule has 0 unspecified atom stereocenters. The highest BCUT2D eigenvalue weighted by molar-refractivity contribution is 7.99. The van der Waals surface area contributed by atoms with E-state index in [-0.39, 0.29) is 27.8 Å². The first-order chi connectivity index (χ1) is 57.9. The number of ketones is 2. The van der Waals surface area contributed by atoms with E-state index in [2.05, 4.69) is 116 Å². The van der Waals surface area contributed by atoms with Crippen LogP contribution in [0.25, 0.3) is 11.0 Å². The number of ether oxygens (including phenoxy) is 7. The summed E-state index contributed by atoms with van der Waals surface area (Å²) in [6, 6.07) is 87.0. The second-order valence-corrected chi connectivity index (χ2v) is 30.6. The number of amides is 1. The van der Waals surface area contributed by atoms with Gasteiger partial charge in [-0.3, -0.25) is 19.2 Å². The third kappa shape index (κ3) is 25.7. The van der Waals surface area contributed by atoms with Crippen LogP contribution in [0.2, 0.25) is 0 Å². The summed E-state index contributed by atoms with van der Waals surface area (Å²) in [6.45, 7) is 11.4. The Morgan fingerprint density at radius 2 is 0.907 bits per heavy atom. The third-order valence-electron chi connectivity index (χ3n) is 18.6. The zero-order chi connectivity index (χ0) is 81.8. The number of carbonyl (C=O) groups is 3.